The monoisotopic (exact) mass is 515 g/mol. The van der Waals surface area contributed by atoms with E-state index in [9.17, 15) is 24.0 Å². The maximum atomic E-state index is 12.4. The molecule has 11 heteroatoms. The van der Waals surface area contributed by atoms with Gasteiger partial charge in [-0.15, -0.1) is 0 Å². The Morgan fingerprint density at radius 1 is 1.00 bits per heavy atom. The third-order valence-corrected chi connectivity index (χ3v) is 5.35. The number of esters is 2. The van der Waals surface area contributed by atoms with E-state index in [-0.39, 0.29) is 18.9 Å². The van der Waals surface area contributed by atoms with E-state index in [2.05, 4.69) is 10.7 Å². The summed E-state index contributed by atoms with van der Waals surface area (Å²) >= 11 is 5.80. The first-order valence-electron chi connectivity index (χ1n) is 11.2. The number of nitrogens with one attached hydrogen (secondary N) is 2. The van der Waals surface area contributed by atoms with E-state index in [1.54, 1.807) is 12.1 Å². The molecular weight excluding hydrogens is 490 g/mol. The summed E-state index contributed by atoms with van der Waals surface area (Å²) < 4.78 is 10.2. The molecule has 2 aromatic rings. The molecule has 190 valence electrons. The van der Waals surface area contributed by atoms with Crippen molar-refractivity contribution in [2.24, 2.45) is 11.8 Å². The average Bonchev–Trinajstić information content (AvgIpc) is 3.21. The maximum absolute atomic E-state index is 12.4. The van der Waals surface area contributed by atoms with Crippen molar-refractivity contribution < 1.29 is 33.4 Å². The lowest BCUT2D eigenvalue weighted by Gasteiger charge is -2.17. The van der Waals surface area contributed by atoms with Crippen molar-refractivity contribution in [2.45, 2.75) is 20.3 Å². The Hall–Kier alpha value is -3.92. The van der Waals surface area contributed by atoms with E-state index in [0.717, 1.165) is 5.01 Å². The molecule has 1 heterocycles. The van der Waals surface area contributed by atoms with Gasteiger partial charge in [0.15, 0.2) is 6.61 Å². The largest absolute Gasteiger partial charge is 0.462 e. The van der Waals surface area contributed by atoms with E-state index in [1.807, 2.05) is 13.8 Å². The van der Waals surface area contributed by atoms with E-state index in [0.29, 0.717) is 28.4 Å². The van der Waals surface area contributed by atoms with Gasteiger partial charge in [-0.25, -0.2) is 4.79 Å². The Labute approximate surface area is 212 Å². The van der Waals surface area contributed by atoms with Gasteiger partial charge in [0.05, 0.1) is 24.6 Å². The summed E-state index contributed by atoms with van der Waals surface area (Å²) in [5.41, 5.74) is 3.51. The van der Waals surface area contributed by atoms with Gasteiger partial charge >= 0.3 is 11.9 Å². The Morgan fingerprint density at radius 2 is 1.64 bits per heavy atom. The number of hydrazine groups is 1. The minimum absolute atomic E-state index is 0.0764. The van der Waals surface area contributed by atoms with Gasteiger partial charge in [0.2, 0.25) is 5.91 Å². The number of carbonyl (C=O) groups is 5. The summed E-state index contributed by atoms with van der Waals surface area (Å²) in [5, 5.41) is 4.08. The van der Waals surface area contributed by atoms with Crippen LogP contribution in [0.2, 0.25) is 5.02 Å². The van der Waals surface area contributed by atoms with Crippen LogP contribution < -0.4 is 10.7 Å². The van der Waals surface area contributed by atoms with Gasteiger partial charge in [0.1, 0.15) is 0 Å². The highest BCUT2D eigenvalue weighted by Gasteiger charge is 2.36. The molecule has 2 aromatic carbocycles. The van der Waals surface area contributed by atoms with Gasteiger partial charge in [-0.1, -0.05) is 25.4 Å². The van der Waals surface area contributed by atoms with Crippen molar-refractivity contribution in [1.29, 1.82) is 0 Å². The number of halogens is 1. The number of rotatable bonds is 9. The molecule has 3 rings (SSSR count). The molecule has 1 aliphatic heterocycles. The lowest BCUT2D eigenvalue weighted by molar-refractivity contribution is -0.151. The van der Waals surface area contributed by atoms with Gasteiger partial charge < -0.3 is 14.8 Å². The first kappa shape index (κ1) is 26.7. The van der Waals surface area contributed by atoms with Crippen LogP contribution in [0, 0.1) is 11.8 Å². The van der Waals surface area contributed by atoms with Crippen molar-refractivity contribution >= 4 is 46.9 Å². The van der Waals surface area contributed by atoms with Crippen LogP contribution >= 0.6 is 11.6 Å². The molecule has 1 fully saturated rings. The number of hydrogen-bond acceptors (Lipinski definition) is 7. The van der Waals surface area contributed by atoms with Crippen LogP contribution in [-0.2, 0) is 23.9 Å². The van der Waals surface area contributed by atoms with Crippen molar-refractivity contribution in [2.75, 3.05) is 25.1 Å². The molecular formula is C25H26ClN3O7. The summed E-state index contributed by atoms with van der Waals surface area (Å²) in [6.07, 6.45) is -0.157. The summed E-state index contributed by atoms with van der Waals surface area (Å²) in [6.45, 7) is 3.54. The van der Waals surface area contributed by atoms with Crippen LogP contribution in [0.15, 0.2) is 48.5 Å². The number of carbonyl (C=O) groups excluding carboxylic acids is 5. The Balaban J connectivity index is 1.43. The van der Waals surface area contributed by atoms with Crippen LogP contribution in [0.4, 0.5) is 5.69 Å². The second-order valence-electron chi connectivity index (χ2n) is 8.58. The molecule has 36 heavy (non-hydrogen) atoms. The van der Waals surface area contributed by atoms with Gasteiger partial charge in [-0.3, -0.25) is 29.6 Å². The summed E-state index contributed by atoms with van der Waals surface area (Å²) in [6, 6.07) is 12.2. The minimum atomic E-state index is -0.827. The molecule has 0 aromatic heterocycles. The molecule has 0 spiro atoms. The molecule has 1 aliphatic rings. The number of nitrogens with zero attached hydrogens (tertiary/aromatic N) is 1. The van der Waals surface area contributed by atoms with Crippen molar-refractivity contribution in [3.8, 4) is 0 Å². The van der Waals surface area contributed by atoms with Crippen LogP contribution in [0.1, 0.15) is 41.0 Å². The number of hydrogen-bond donors (Lipinski definition) is 2. The van der Waals surface area contributed by atoms with Gasteiger partial charge in [-0.2, -0.15) is 0 Å². The Bertz CT molecular complexity index is 1130. The quantitative estimate of drug-likeness (QED) is 0.491. The van der Waals surface area contributed by atoms with Crippen molar-refractivity contribution in [1.82, 2.24) is 10.4 Å². The zero-order valence-electron chi connectivity index (χ0n) is 19.8. The molecule has 0 unspecified atom stereocenters. The molecule has 0 saturated carbocycles. The lowest BCUT2D eigenvalue weighted by Crippen LogP contribution is -2.43. The molecule has 0 radical (unpaired) electrons. The molecule has 10 nitrogen and oxygen atoms in total. The standard InChI is InChI=1S/C25H26ClN3O7/c1-15(2)13-35-24(33)17-5-9-20(10-6-17)27-21(30)14-36-25(34)18-11-22(31)29(12-18)28-23(32)16-3-7-19(26)8-4-16/h3-10,15,18H,11-14H2,1-2H3,(H,27,30)(H,28,32)/t18-/m1/s1. The highest BCUT2D eigenvalue weighted by Crippen LogP contribution is 2.18. The smallest absolute Gasteiger partial charge is 0.338 e. The predicted octanol–water partition coefficient (Wildman–Crippen LogP) is 2.83. The van der Waals surface area contributed by atoms with E-state index in [4.69, 9.17) is 21.1 Å². The lowest BCUT2D eigenvalue weighted by atomic mass is 10.1. The first-order chi connectivity index (χ1) is 17.1. The molecule has 0 aliphatic carbocycles. The van der Waals surface area contributed by atoms with Crippen LogP contribution in [-0.4, -0.2) is 54.4 Å². The number of anilines is 1. The molecule has 1 atom stereocenters. The van der Waals surface area contributed by atoms with Crippen LogP contribution in [0.3, 0.4) is 0 Å². The fraction of sp³-hybridized carbons (Fsp3) is 0.320. The van der Waals surface area contributed by atoms with Gasteiger partial charge in [0.25, 0.3) is 11.8 Å². The molecule has 0 bridgehead atoms. The predicted molar refractivity (Wildman–Crippen MR) is 130 cm³/mol. The average molecular weight is 516 g/mol. The second-order valence-corrected chi connectivity index (χ2v) is 9.02. The van der Waals surface area contributed by atoms with Crippen molar-refractivity contribution in [3.05, 3.63) is 64.7 Å². The van der Waals surface area contributed by atoms with E-state index in [1.165, 1.54) is 36.4 Å². The normalized spacial score (nSPS) is 14.9. The Kier molecular flexibility index (Phi) is 9.02. The molecule has 1 saturated heterocycles. The maximum Gasteiger partial charge on any atom is 0.338 e. The number of ether oxygens (including phenoxy) is 2. The zero-order chi connectivity index (χ0) is 26.2. The molecule has 3 amide bonds. The fourth-order valence-electron chi connectivity index (χ4n) is 3.23. The highest BCUT2D eigenvalue weighted by molar-refractivity contribution is 6.30. The topological polar surface area (TPSA) is 131 Å². The first-order valence-corrected chi connectivity index (χ1v) is 11.6. The Morgan fingerprint density at radius 3 is 2.28 bits per heavy atom. The third-order valence-electron chi connectivity index (χ3n) is 5.10. The highest BCUT2D eigenvalue weighted by atomic mass is 35.5. The number of amides is 3. The van der Waals surface area contributed by atoms with Crippen molar-refractivity contribution in [3.63, 3.8) is 0 Å². The SMILES string of the molecule is CC(C)COC(=O)c1ccc(NC(=O)COC(=O)[C@@H]2CC(=O)N(NC(=O)c3ccc(Cl)cc3)C2)cc1. The number of benzene rings is 2. The van der Waals surface area contributed by atoms with Crippen LogP contribution in [0.5, 0.6) is 0 Å². The summed E-state index contributed by atoms with van der Waals surface area (Å²) in [7, 11) is 0. The summed E-state index contributed by atoms with van der Waals surface area (Å²) in [5.74, 6) is -3.36. The van der Waals surface area contributed by atoms with E-state index < -0.39 is 42.2 Å². The van der Waals surface area contributed by atoms with Crippen LogP contribution in [0.25, 0.3) is 0 Å². The van der Waals surface area contributed by atoms with Gasteiger partial charge in [0, 0.05) is 22.7 Å². The third kappa shape index (κ3) is 7.54. The second kappa shape index (κ2) is 12.2. The minimum Gasteiger partial charge on any atom is -0.462 e. The van der Waals surface area contributed by atoms with Gasteiger partial charge in [-0.05, 0) is 54.4 Å². The van der Waals surface area contributed by atoms with E-state index >= 15 is 0 Å². The fourth-order valence-corrected chi connectivity index (χ4v) is 3.35. The molecule has 2 N–H and O–H groups in total. The zero-order valence-corrected chi connectivity index (χ0v) is 20.5. The summed E-state index contributed by atoms with van der Waals surface area (Å²) in [4.78, 5) is 61.0.